The van der Waals surface area contributed by atoms with E-state index in [4.69, 9.17) is 0 Å². The monoisotopic (exact) mass is 373 g/mol. The van der Waals surface area contributed by atoms with Crippen molar-refractivity contribution in [2.75, 3.05) is 18.0 Å². The molecular weight excluding hydrogens is 342 g/mol. The summed E-state index contributed by atoms with van der Waals surface area (Å²) < 4.78 is 0. The zero-order valence-electron chi connectivity index (χ0n) is 16.3. The molecule has 1 aromatic carbocycles. The van der Waals surface area contributed by atoms with Crippen LogP contribution in [0.1, 0.15) is 75.1 Å². The maximum Gasteiger partial charge on any atom is 0.293 e. The highest BCUT2D eigenvalue weighted by molar-refractivity contribution is 5.96. The number of hydrogen-bond acceptors (Lipinski definition) is 4. The Balaban J connectivity index is 1.74. The van der Waals surface area contributed by atoms with E-state index in [2.05, 4.69) is 17.1 Å². The highest BCUT2D eigenvalue weighted by Crippen LogP contribution is 2.32. The third-order valence-corrected chi connectivity index (χ3v) is 5.87. The van der Waals surface area contributed by atoms with E-state index in [1.165, 1.54) is 25.3 Å². The van der Waals surface area contributed by atoms with E-state index in [1.807, 2.05) is 0 Å². The van der Waals surface area contributed by atoms with Crippen molar-refractivity contribution in [1.82, 2.24) is 5.32 Å². The van der Waals surface area contributed by atoms with E-state index in [-0.39, 0.29) is 22.6 Å². The molecule has 27 heavy (non-hydrogen) atoms. The maximum atomic E-state index is 12.7. The smallest absolute Gasteiger partial charge is 0.293 e. The zero-order chi connectivity index (χ0) is 19.2. The minimum absolute atomic E-state index is 0.0365. The molecular formula is C21H31N3O3. The van der Waals surface area contributed by atoms with E-state index in [1.54, 1.807) is 12.1 Å². The summed E-state index contributed by atoms with van der Waals surface area (Å²) in [7, 11) is 0. The first-order valence-electron chi connectivity index (χ1n) is 10.4. The van der Waals surface area contributed by atoms with Gasteiger partial charge < -0.3 is 10.2 Å². The van der Waals surface area contributed by atoms with Crippen LogP contribution >= 0.6 is 0 Å². The van der Waals surface area contributed by atoms with Gasteiger partial charge in [-0.25, -0.2) is 0 Å². The molecule has 6 heteroatoms. The van der Waals surface area contributed by atoms with Gasteiger partial charge in [-0.2, -0.15) is 0 Å². The van der Waals surface area contributed by atoms with Gasteiger partial charge in [-0.1, -0.05) is 39.0 Å². The summed E-state index contributed by atoms with van der Waals surface area (Å²) in [6.45, 7) is 3.84. The second kappa shape index (κ2) is 9.20. The Kier molecular flexibility index (Phi) is 6.69. The van der Waals surface area contributed by atoms with Crippen LogP contribution < -0.4 is 10.2 Å². The van der Waals surface area contributed by atoms with Gasteiger partial charge >= 0.3 is 0 Å². The third kappa shape index (κ3) is 5.21. The Morgan fingerprint density at radius 1 is 1.11 bits per heavy atom. The van der Waals surface area contributed by atoms with E-state index < -0.39 is 0 Å². The zero-order valence-corrected chi connectivity index (χ0v) is 16.3. The maximum absolute atomic E-state index is 12.7. The van der Waals surface area contributed by atoms with E-state index in [0.717, 1.165) is 51.6 Å². The topological polar surface area (TPSA) is 75.5 Å². The van der Waals surface area contributed by atoms with Crippen molar-refractivity contribution in [3.05, 3.63) is 33.9 Å². The second-order valence-electron chi connectivity index (χ2n) is 8.17. The lowest BCUT2D eigenvalue weighted by Gasteiger charge is -2.32. The van der Waals surface area contributed by atoms with Crippen molar-refractivity contribution < 1.29 is 9.72 Å². The predicted octanol–water partition coefficient (Wildman–Crippen LogP) is 4.67. The van der Waals surface area contributed by atoms with Gasteiger partial charge in [0.2, 0.25) is 0 Å². The lowest BCUT2D eigenvalue weighted by molar-refractivity contribution is -0.384. The summed E-state index contributed by atoms with van der Waals surface area (Å²) in [6.07, 6.45) is 10.2. The van der Waals surface area contributed by atoms with Crippen molar-refractivity contribution >= 4 is 17.3 Å². The largest absolute Gasteiger partial charge is 0.366 e. The van der Waals surface area contributed by atoms with Gasteiger partial charge in [0, 0.05) is 30.8 Å². The first kappa shape index (κ1) is 19.6. The van der Waals surface area contributed by atoms with Crippen molar-refractivity contribution in [1.29, 1.82) is 0 Å². The van der Waals surface area contributed by atoms with Gasteiger partial charge in [0.25, 0.3) is 11.6 Å². The fourth-order valence-electron chi connectivity index (χ4n) is 4.36. The van der Waals surface area contributed by atoms with Gasteiger partial charge in [0.05, 0.1) is 4.92 Å². The van der Waals surface area contributed by atoms with Crippen molar-refractivity contribution in [2.24, 2.45) is 5.92 Å². The third-order valence-electron chi connectivity index (χ3n) is 5.87. The Hall–Kier alpha value is -2.11. The average molecular weight is 373 g/mol. The molecule has 0 unspecified atom stereocenters. The number of nitro benzene ring substituents is 1. The summed E-state index contributed by atoms with van der Waals surface area (Å²) >= 11 is 0. The summed E-state index contributed by atoms with van der Waals surface area (Å²) in [5.74, 6) is 0.336. The number of nitrogens with one attached hydrogen (secondary N) is 1. The molecule has 6 nitrogen and oxygen atoms in total. The van der Waals surface area contributed by atoms with Gasteiger partial charge in [0.15, 0.2) is 0 Å². The molecule has 148 valence electrons. The molecule has 1 N–H and O–H groups in total. The minimum Gasteiger partial charge on any atom is -0.366 e. The molecule has 1 saturated carbocycles. The molecule has 3 rings (SSSR count). The fourth-order valence-corrected chi connectivity index (χ4v) is 4.36. The number of carbonyl (C=O) groups excluding carboxylic acids is 1. The molecule has 0 spiro atoms. The summed E-state index contributed by atoms with van der Waals surface area (Å²) in [6, 6.07) is 5.12. The minimum atomic E-state index is -0.360. The fraction of sp³-hybridized carbons (Fsp3) is 0.667. The SMILES string of the molecule is C[C@H]1CCCN(c2ccc(C(=O)NC3CCCCCCC3)cc2[N+](=O)[O-])C1. The van der Waals surface area contributed by atoms with E-state index >= 15 is 0 Å². The highest BCUT2D eigenvalue weighted by atomic mass is 16.6. The number of rotatable bonds is 4. The molecule has 1 aliphatic carbocycles. The Morgan fingerprint density at radius 2 is 1.81 bits per heavy atom. The van der Waals surface area contributed by atoms with Crippen molar-refractivity contribution in [3.8, 4) is 0 Å². The number of carbonyl (C=O) groups is 1. The second-order valence-corrected chi connectivity index (χ2v) is 8.17. The Morgan fingerprint density at radius 3 is 2.48 bits per heavy atom. The first-order valence-corrected chi connectivity index (χ1v) is 10.4. The summed E-state index contributed by atoms with van der Waals surface area (Å²) in [4.78, 5) is 26.0. The van der Waals surface area contributed by atoms with Crippen LogP contribution in [-0.2, 0) is 0 Å². The molecule has 0 aromatic heterocycles. The molecule has 1 saturated heterocycles. The number of nitro groups is 1. The number of amides is 1. The van der Waals surface area contributed by atoms with Crippen LogP contribution in [0.3, 0.4) is 0 Å². The van der Waals surface area contributed by atoms with Crippen LogP contribution in [-0.4, -0.2) is 30.0 Å². The van der Waals surface area contributed by atoms with Crippen molar-refractivity contribution in [2.45, 2.75) is 70.8 Å². The van der Waals surface area contributed by atoms with Gasteiger partial charge in [-0.15, -0.1) is 0 Å². The van der Waals surface area contributed by atoms with Gasteiger partial charge in [0.1, 0.15) is 5.69 Å². The number of benzene rings is 1. The Labute approximate surface area is 161 Å². The predicted molar refractivity (Wildman–Crippen MR) is 107 cm³/mol. The lowest BCUT2D eigenvalue weighted by Crippen LogP contribution is -2.36. The van der Waals surface area contributed by atoms with Crippen LogP contribution in [0.4, 0.5) is 11.4 Å². The molecule has 2 fully saturated rings. The van der Waals surface area contributed by atoms with Gasteiger partial charge in [-0.05, 0) is 43.7 Å². The molecule has 0 radical (unpaired) electrons. The van der Waals surface area contributed by atoms with Crippen LogP contribution in [0.2, 0.25) is 0 Å². The number of nitrogens with zero attached hydrogens (tertiary/aromatic N) is 2. The van der Waals surface area contributed by atoms with Crippen LogP contribution in [0.25, 0.3) is 0 Å². The average Bonchev–Trinajstić information content (AvgIpc) is 2.63. The molecule has 1 atom stereocenters. The van der Waals surface area contributed by atoms with Crippen LogP contribution in [0.5, 0.6) is 0 Å². The molecule has 1 amide bonds. The van der Waals surface area contributed by atoms with Crippen LogP contribution in [0, 0.1) is 16.0 Å². The summed E-state index contributed by atoms with van der Waals surface area (Å²) in [5.41, 5.74) is 1.06. The molecule has 1 heterocycles. The highest BCUT2D eigenvalue weighted by Gasteiger charge is 2.25. The van der Waals surface area contributed by atoms with E-state index in [9.17, 15) is 14.9 Å². The molecule has 2 aliphatic rings. The molecule has 0 bridgehead atoms. The number of hydrogen-bond donors (Lipinski definition) is 1. The van der Waals surface area contributed by atoms with Crippen LogP contribution in [0.15, 0.2) is 18.2 Å². The first-order chi connectivity index (χ1) is 13.0. The molecule has 1 aromatic rings. The summed E-state index contributed by atoms with van der Waals surface area (Å²) in [5, 5.41) is 14.7. The lowest BCUT2D eigenvalue weighted by atomic mass is 9.96. The standard InChI is InChI=1S/C21H31N3O3/c1-16-8-7-13-23(15-16)19-12-11-17(14-20(19)24(26)27)21(25)22-18-9-5-3-2-4-6-10-18/h11-12,14,16,18H,2-10,13,15H2,1H3,(H,22,25)/t16-/m0/s1. The normalized spacial score (nSPS) is 22.0. The number of piperidine rings is 1. The Bertz CT molecular complexity index is 669. The molecule has 1 aliphatic heterocycles. The van der Waals surface area contributed by atoms with Crippen molar-refractivity contribution in [3.63, 3.8) is 0 Å². The van der Waals surface area contributed by atoms with E-state index in [0.29, 0.717) is 17.2 Å². The van der Waals surface area contributed by atoms with Gasteiger partial charge in [-0.3, -0.25) is 14.9 Å². The number of anilines is 1. The quantitative estimate of drug-likeness (QED) is 0.614.